The maximum atomic E-state index is 10.9. The van der Waals surface area contributed by atoms with Crippen molar-refractivity contribution in [3.8, 4) is 17.2 Å². The molecule has 0 heterocycles. The van der Waals surface area contributed by atoms with Crippen LogP contribution in [0.15, 0.2) is 66.7 Å². The molecule has 7 heteroatoms. The van der Waals surface area contributed by atoms with Crippen molar-refractivity contribution >= 4 is 11.4 Å². The molecule has 7 nitrogen and oxygen atoms in total. The van der Waals surface area contributed by atoms with E-state index in [-0.39, 0.29) is 12.5 Å². The number of hydrogen-bond acceptors (Lipinski definition) is 7. The Bertz CT molecular complexity index is 1010. The fraction of sp³-hybridized carbons (Fsp3) is 0.280. The van der Waals surface area contributed by atoms with Gasteiger partial charge in [-0.1, -0.05) is 36.4 Å². The van der Waals surface area contributed by atoms with Gasteiger partial charge in [-0.2, -0.15) is 0 Å². The minimum Gasteiger partial charge on any atom is -0.493 e. The second-order valence-electron chi connectivity index (χ2n) is 7.66. The lowest BCUT2D eigenvalue weighted by Crippen LogP contribution is -2.44. The highest BCUT2D eigenvalue weighted by Crippen LogP contribution is 2.34. The van der Waals surface area contributed by atoms with Crippen molar-refractivity contribution in [2.75, 3.05) is 32.3 Å². The lowest BCUT2D eigenvalue weighted by atomic mass is 9.83. The lowest BCUT2D eigenvalue weighted by molar-refractivity contribution is 0.0766. The van der Waals surface area contributed by atoms with Gasteiger partial charge in [0.05, 0.1) is 25.6 Å². The van der Waals surface area contributed by atoms with E-state index in [1.165, 1.54) is 0 Å². The van der Waals surface area contributed by atoms with Crippen molar-refractivity contribution in [2.24, 2.45) is 5.73 Å². The molecule has 170 valence electrons. The van der Waals surface area contributed by atoms with Crippen molar-refractivity contribution in [3.05, 3.63) is 77.9 Å². The lowest BCUT2D eigenvalue weighted by Gasteiger charge is -2.29. The van der Waals surface area contributed by atoms with Crippen LogP contribution in [-0.4, -0.2) is 38.1 Å². The van der Waals surface area contributed by atoms with Gasteiger partial charge in [0.25, 0.3) is 0 Å². The van der Waals surface area contributed by atoms with E-state index in [2.05, 4.69) is 0 Å². The molecule has 0 radical (unpaired) electrons. The zero-order chi connectivity index (χ0) is 23.1. The van der Waals surface area contributed by atoms with Gasteiger partial charge in [-0.25, -0.2) is 0 Å². The van der Waals surface area contributed by atoms with E-state index in [0.717, 1.165) is 11.1 Å². The first kappa shape index (κ1) is 23.2. The molecule has 0 aliphatic rings. The van der Waals surface area contributed by atoms with Gasteiger partial charge in [0.1, 0.15) is 18.5 Å². The number of nitrogens with two attached hydrogens (primary N) is 3. The molecule has 3 rings (SSSR count). The van der Waals surface area contributed by atoms with Crippen molar-refractivity contribution in [1.29, 1.82) is 0 Å². The molecule has 7 N–H and O–H groups in total. The average Bonchev–Trinajstić information content (AvgIpc) is 2.82. The van der Waals surface area contributed by atoms with Crippen LogP contribution in [0.25, 0.3) is 0 Å². The Morgan fingerprint density at radius 1 is 0.844 bits per heavy atom. The number of hydrogen-bond donors (Lipinski definition) is 4. The van der Waals surface area contributed by atoms with Crippen LogP contribution in [0.1, 0.15) is 17.0 Å². The van der Waals surface area contributed by atoms with Gasteiger partial charge in [0, 0.05) is 18.0 Å². The second kappa shape index (κ2) is 10.7. The van der Waals surface area contributed by atoms with Gasteiger partial charge in [-0.3, -0.25) is 0 Å². The summed E-state index contributed by atoms with van der Waals surface area (Å²) in [4.78, 5) is 0. The SMILES string of the molecule is COc1ccc(C(Cc2ccccc2)C(N)[C@@H](O)COc2ccc(N)c(N)c2)cc1OC. The molecule has 0 aliphatic carbocycles. The van der Waals surface area contributed by atoms with E-state index in [9.17, 15) is 5.11 Å². The van der Waals surface area contributed by atoms with Gasteiger partial charge in [-0.05, 0) is 41.8 Å². The molecule has 3 aromatic carbocycles. The quantitative estimate of drug-likeness (QED) is 0.359. The Balaban J connectivity index is 1.82. The molecule has 0 saturated carbocycles. The Labute approximate surface area is 188 Å². The summed E-state index contributed by atoms with van der Waals surface area (Å²) < 4.78 is 16.6. The number of nitrogen functional groups attached to an aromatic ring is 2. The third kappa shape index (κ3) is 5.63. The molecule has 3 atom stereocenters. The zero-order valence-electron chi connectivity index (χ0n) is 18.4. The number of benzene rings is 3. The summed E-state index contributed by atoms with van der Waals surface area (Å²) in [7, 11) is 3.19. The maximum absolute atomic E-state index is 10.9. The highest BCUT2D eigenvalue weighted by Gasteiger charge is 2.28. The molecule has 0 amide bonds. The van der Waals surface area contributed by atoms with Crippen molar-refractivity contribution in [1.82, 2.24) is 0 Å². The number of aliphatic hydroxyl groups is 1. The fourth-order valence-electron chi connectivity index (χ4n) is 3.63. The summed E-state index contributed by atoms with van der Waals surface area (Å²) in [6.07, 6.45) is -0.279. The predicted molar refractivity (Wildman–Crippen MR) is 127 cm³/mol. The molecular weight excluding hydrogens is 406 g/mol. The highest BCUT2D eigenvalue weighted by atomic mass is 16.5. The number of anilines is 2. The molecule has 0 aromatic heterocycles. The van der Waals surface area contributed by atoms with Gasteiger partial charge in [0.2, 0.25) is 0 Å². The summed E-state index contributed by atoms with van der Waals surface area (Å²) in [6.45, 7) is 0.0170. The van der Waals surface area contributed by atoms with Crippen LogP contribution in [0.3, 0.4) is 0 Å². The molecule has 0 bridgehead atoms. The summed E-state index contributed by atoms with van der Waals surface area (Å²) >= 11 is 0. The first-order chi connectivity index (χ1) is 15.4. The Morgan fingerprint density at radius 2 is 1.56 bits per heavy atom. The predicted octanol–water partition coefficient (Wildman–Crippen LogP) is 2.96. The van der Waals surface area contributed by atoms with Crippen molar-refractivity contribution in [2.45, 2.75) is 24.5 Å². The number of methoxy groups -OCH3 is 2. The van der Waals surface area contributed by atoms with E-state index in [4.69, 9.17) is 31.4 Å². The van der Waals surface area contributed by atoms with E-state index in [0.29, 0.717) is 35.0 Å². The minimum atomic E-state index is -0.921. The van der Waals surface area contributed by atoms with E-state index < -0.39 is 12.1 Å². The molecule has 0 fully saturated rings. The first-order valence-corrected chi connectivity index (χ1v) is 10.4. The number of aliphatic hydroxyl groups excluding tert-OH is 1. The molecule has 2 unspecified atom stereocenters. The fourth-order valence-corrected chi connectivity index (χ4v) is 3.63. The smallest absolute Gasteiger partial charge is 0.160 e. The topological polar surface area (TPSA) is 126 Å². The second-order valence-corrected chi connectivity index (χ2v) is 7.66. The van der Waals surface area contributed by atoms with Crippen molar-refractivity contribution in [3.63, 3.8) is 0 Å². The Kier molecular flexibility index (Phi) is 7.81. The summed E-state index contributed by atoms with van der Waals surface area (Å²) in [5.41, 5.74) is 21.1. The Hall–Kier alpha value is -3.42. The van der Waals surface area contributed by atoms with Crippen LogP contribution in [0.2, 0.25) is 0 Å². The first-order valence-electron chi connectivity index (χ1n) is 10.4. The summed E-state index contributed by atoms with van der Waals surface area (Å²) in [6, 6.07) is 20.1. The molecular formula is C25H31N3O4. The van der Waals surface area contributed by atoms with Crippen LogP contribution in [0.4, 0.5) is 11.4 Å². The largest absolute Gasteiger partial charge is 0.493 e. The highest BCUT2D eigenvalue weighted by molar-refractivity contribution is 5.65. The third-order valence-electron chi connectivity index (χ3n) is 5.52. The normalized spacial score (nSPS) is 13.8. The summed E-state index contributed by atoms with van der Waals surface area (Å²) in [5, 5.41) is 10.9. The van der Waals surface area contributed by atoms with Crippen LogP contribution >= 0.6 is 0 Å². The summed E-state index contributed by atoms with van der Waals surface area (Å²) in [5.74, 6) is 1.58. The molecule has 0 aliphatic heterocycles. The maximum Gasteiger partial charge on any atom is 0.160 e. The van der Waals surface area contributed by atoms with Crippen LogP contribution in [0, 0.1) is 0 Å². The number of rotatable bonds is 10. The standard InChI is InChI=1S/C25H31N3O4/c1-30-23-11-8-17(13-24(23)31-2)19(12-16-6-4-3-5-7-16)25(28)22(29)15-32-18-9-10-20(26)21(27)14-18/h3-11,13-14,19,22,25,29H,12,15,26-28H2,1-2H3/t19?,22-,25?/m0/s1. The molecule has 0 spiro atoms. The monoisotopic (exact) mass is 437 g/mol. The van der Waals surface area contributed by atoms with Crippen LogP contribution in [0.5, 0.6) is 17.2 Å². The van der Waals surface area contributed by atoms with Crippen molar-refractivity contribution < 1.29 is 19.3 Å². The van der Waals surface area contributed by atoms with E-state index in [1.807, 2.05) is 48.5 Å². The van der Waals surface area contributed by atoms with Gasteiger partial charge in [0.15, 0.2) is 11.5 Å². The molecule has 32 heavy (non-hydrogen) atoms. The van der Waals surface area contributed by atoms with Gasteiger partial charge < -0.3 is 36.5 Å². The van der Waals surface area contributed by atoms with Crippen LogP contribution in [-0.2, 0) is 6.42 Å². The Morgan fingerprint density at radius 3 is 2.22 bits per heavy atom. The average molecular weight is 438 g/mol. The van der Waals surface area contributed by atoms with E-state index >= 15 is 0 Å². The minimum absolute atomic E-state index is 0.0170. The zero-order valence-corrected chi connectivity index (χ0v) is 18.4. The van der Waals surface area contributed by atoms with Crippen LogP contribution < -0.4 is 31.4 Å². The van der Waals surface area contributed by atoms with E-state index in [1.54, 1.807) is 32.4 Å². The molecule has 0 saturated heterocycles. The number of ether oxygens (including phenoxy) is 3. The van der Waals surface area contributed by atoms with Gasteiger partial charge >= 0.3 is 0 Å². The third-order valence-corrected chi connectivity index (χ3v) is 5.52. The molecule has 3 aromatic rings. The van der Waals surface area contributed by atoms with Gasteiger partial charge in [-0.15, -0.1) is 0 Å².